The molecule has 1 rings (SSSR count). The summed E-state index contributed by atoms with van der Waals surface area (Å²) < 4.78 is 0. The lowest BCUT2D eigenvalue weighted by atomic mass is 10.0. The number of nitrogens with zero attached hydrogens (tertiary/aromatic N) is 2. The molecule has 1 aromatic rings. The summed E-state index contributed by atoms with van der Waals surface area (Å²) >= 11 is 0. The Morgan fingerprint density at radius 2 is 2.18 bits per heavy atom. The van der Waals surface area contributed by atoms with Crippen LogP contribution in [-0.4, -0.2) is 28.0 Å². The van der Waals surface area contributed by atoms with Crippen LogP contribution < -0.4 is 10.6 Å². The van der Waals surface area contributed by atoms with Crippen LogP contribution in [0.2, 0.25) is 0 Å². The van der Waals surface area contributed by atoms with E-state index in [9.17, 15) is 9.59 Å². The molecule has 1 atom stereocenters. The van der Waals surface area contributed by atoms with Gasteiger partial charge in [0.25, 0.3) is 5.91 Å². The Balaban J connectivity index is 2.66. The third-order valence-corrected chi connectivity index (χ3v) is 2.84. The summed E-state index contributed by atoms with van der Waals surface area (Å²) in [7, 11) is 0. The molecule has 7 heteroatoms. The third-order valence-electron chi connectivity index (χ3n) is 2.84. The van der Waals surface area contributed by atoms with Gasteiger partial charge in [-0.15, -0.1) is 0 Å². The largest absolute Gasteiger partial charge is 0.480 e. The van der Waals surface area contributed by atoms with Gasteiger partial charge in [-0.3, -0.25) is 9.78 Å². The van der Waals surface area contributed by atoms with E-state index in [0.717, 1.165) is 5.69 Å². The predicted octanol–water partition coefficient (Wildman–Crippen LogP) is 0.804. The predicted molar refractivity (Wildman–Crippen MR) is 79.2 cm³/mol. The molecular weight excluding hydrogens is 284 g/mol. The molecule has 22 heavy (non-hydrogen) atoms. The van der Waals surface area contributed by atoms with Gasteiger partial charge < -0.3 is 15.7 Å². The van der Waals surface area contributed by atoms with Crippen molar-refractivity contribution in [2.24, 2.45) is 5.92 Å². The number of hydrogen-bond donors (Lipinski definition) is 3. The second kappa shape index (κ2) is 8.42. The molecule has 7 nitrogen and oxygen atoms in total. The molecule has 0 aliphatic rings. The first-order valence-electron chi connectivity index (χ1n) is 6.73. The smallest absolute Gasteiger partial charge is 0.326 e. The summed E-state index contributed by atoms with van der Waals surface area (Å²) in [5, 5.41) is 23.2. The van der Waals surface area contributed by atoms with E-state index in [1.807, 2.05) is 6.07 Å². The highest BCUT2D eigenvalue weighted by atomic mass is 16.4. The van der Waals surface area contributed by atoms with Gasteiger partial charge in [0.2, 0.25) is 0 Å². The van der Waals surface area contributed by atoms with Crippen LogP contribution in [0, 0.1) is 17.2 Å². The molecule has 1 heterocycles. The van der Waals surface area contributed by atoms with Gasteiger partial charge in [-0.05, 0) is 18.1 Å². The van der Waals surface area contributed by atoms with E-state index in [0.29, 0.717) is 6.54 Å². The van der Waals surface area contributed by atoms with Crippen molar-refractivity contribution >= 4 is 11.9 Å². The topological polar surface area (TPSA) is 115 Å². The van der Waals surface area contributed by atoms with E-state index in [2.05, 4.69) is 15.6 Å². The van der Waals surface area contributed by atoms with Crippen LogP contribution >= 0.6 is 0 Å². The summed E-state index contributed by atoms with van der Waals surface area (Å²) in [6, 6.07) is 6.11. The zero-order chi connectivity index (χ0) is 16.5. The molecule has 0 fully saturated rings. The Morgan fingerprint density at radius 1 is 1.45 bits per heavy atom. The van der Waals surface area contributed by atoms with Gasteiger partial charge in [0.1, 0.15) is 17.7 Å². The number of aliphatic carboxylic acids is 1. The van der Waals surface area contributed by atoms with Gasteiger partial charge in [-0.2, -0.15) is 5.26 Å². The Morgan fingerprint density at radius 3 is 2.68 bits per heavy atom. The number of hydrogen-bond acceptors (Lipinski definition) is 5. The second-order valence-corrected chi connectivity index (χ2v) is 4.91. The minimum absolute atomic E-state index is 0.192. The van der Waals surface area contributed by atoms with Gasteiger partial charge >= 0.3 is 5.97 Å². The average molecular weight is 302 g/mol. The van der Waals surface area contributed by atoms with Gasteiger partial charge in [-0.25, -0.2) is 4.79 Å². The molecule has 0 aromatic carbocycles. The van der Waals surface area contributed by atoms with Crippen LogP contribution in [0.15, 0.2) is 36.2 Å². The molecule has 0 saturated carbocycles. The van der Waals surface area contributed by atoms with Crippen molar-refractivity contribution < 1.29 is 14.7 Å². The number of carboxylic acid groups (broad SMARTS) is 1. The molecule has 116 valence electrons. The summed E-state index contributed by atoms with van der Waals surface area (Å²) in [5.74, 6) is -2.15. The fourth-order valence-electron chi connectivity index (χ4n) is 1.64. The highest BCUT2D eigenvalue weighted by Gasteiger charge is 2.24. The Labute approximate surface area is 128 Å². The van der Waals surface area contributed by atoms with Gasteiger partial charge in [0.05, 0.1) is 12.2 Å². The molecule has 0 bridgehead atoms. The zero-order valence-electron chi connectivity index (χ0n) is 12.4. The van der Waals surface area contributed by atoms with Crippen molar-refractivity contribution in [1.82, 2.24) is 15.6 Å². The first-order valence-corrected chi connectivity index (χ1v) is 6.73. The zero-order valence-corrected chi connectivity index (χ0v) is 12.4. The maximum Gasteiger partial charge on any atom is 0.326 e. The number of carbonyl (C=O) groups is 2. The standard InChI is InChI=1S/C15H18N4O3/c1-10(2)13(15(21)22)19-14(20)11(7-16)8-17-9-12-5-3-4-6-18-12/h3-6,8,10,13,17H,9H2,1-2H3,(H,19,20)(H,21,22)/b11-8-. The molecule has 0 aliphatic heterocycles. The monoisotopic (exact) mass is 302 g/mol. The summed E-state index contributed by atoms with van der Waals surface area (Å²) in [6.07, 6.45) is 2.89. The lowest BCUT2D eigenvalue weighted by Crippen LogP contribution is -2.44. The molecule has 0 saturated heterocycles. The Bertz CT molecular complexity index is 591. The fourth-order valence-corrected chi connectivity index (χ4v) is 1.64. The minimum Gasteiger partial charge on any atom is -0.480 e. The quantitative estimate of drug-likeness (QED) is 0.507. The maximum atomic E-state index is 11.9. The summed E-state index contributed by atoms with van der Waals surface area (Å²) in [4.78, 5) is 27.0. The first-order chi connectivity index (χ1) is 10.5. The highest BCUT2D eigenvalue weighted by Crippen LogP contribution is 2.03. The van der Waals surface area contributed by atoms with Crippen molar-refractivity contribution in [2.75, 3.05) is 0 Å². The number of nitrogens with one attached hydrogen (secondary N) is 2. The van der Waals surface area contributed by atoms with Crippen LogP contribution in [0.1, 0.15) is 19.5 Å². The molecule has 1 aromatic heterocycles. The number of nitriles is 1. The van der Waals surface area contributed by atoms with E-state index in [1.54, 1.807) is 38.2 Å². The van der Waals surface area contributed by atoms with Crippen LogP contribution in [0.4, 0.5) is 0 Å². The molecule has 0 aliphatic carbocycles. The van der Waals surface area contributed by atoms with E-state index >= 15 is 0 Å². The summed E-state index contributed by atoms with van der Waals surface area (Å²) in [5.41, 5.74) is 0.560. The summed E-state index contributed by atoms with van der Waals surface area (Å²) in [6.45, 7) is 3.70. The molecular formula is C15H18N4O3. The van der Waals surface area contributed by atoms with E-state index in [4.69, 9.17) is 10.4 Å². The number of rotatable bonds is 7. The first kappa shape index (κ1) is 17.2. The number of carbonyl (C=O) groups excluding carboxylic acids is 1. The van der Waals surface area contributed by atoms with Gasteiger partial charge in [0, 0.05) is 12.4 Å². The number of pyridine rings is 1. The fraction of sp³-hybridized carbons (Fsp3) is 0.333. The Kier molecular flexibility index (Phi) is 6.57. The van der Waals surface area contributed by atoms with Crippen LogP contribution in [0.5, 0.6) is 0 Å². The number of aromatic nitrogens is 1. The lowest BCUT2D eigenvalue weighted by molar-refractivity contribution is -0.142. The molecule has 0 radical (unpaired) electrons. The molecule has 1 unspecified atom stereocenters. The van der Waals surface area contributed by atoms with Crippen LogP contribution in [-0.2, 0) is 16.1 Å². The normalized spacial score (nSPS) is 12.4. The molecule has 3 N–H and O–H groups in total. The lowest BCUT2D eigenvalue weighted by Gasteiger charge is -2.17. The van der Waals surface area contributed by atoms with Crippen molar-refractivity contribution in [3.05, 3.63) is 41.9 Å². The van der Waals surface area contributed by atoms with Gasteiger partial charge in [-0.1, -0.05) is 19.9 Å². The second-order valence-electron chi connectivity index (χ2n) is 4.91. The van der Waals surface area contributed by atoms with E-state index < -0.39 is 17.9 Å². The molecule has 1 amide bonds. The van der Waals surface area contributed by atoms with Crippen LogP contribution in [0.3, 0.4) is 0 Å². The van der Waals surface area contributed by atoms with Crippen molar-refractivity contribution in [3.8, 4) is 6.07 Å². The minimum atomic E-state index is -1.14. The Hall–Kier alpha value is -2.88. The maximum absolute atomic E-state index is 11.9. The third kappa shape index (κ3) is 5.25. The van der Waals surface area contributed by atoms with Crippen molar-refractivity contribution in [2.45, 2.75) is 26.4 Å². The number of amides is 1. The van der Waals surface area contributed by atoms with Crippen LogP contribution in [0.25, 0.3) is 0 Å². The van der Waals surface area contributed by atoms with Gasteiger partial charge in [0.15, 0.2) is 0 Å². The highest BCUT2D eigenvalue weighted by molar-refractivity contribution is 5.99. The molecule has 0 spiro atoms. The average Bonchev–Trinajstić information content (AvgIpc) is 2.49. The van der Waals surface area contributed by atoms with E-state index in [1.165, 1.54) is 6.20 Å². The van der Waals surface area contributed by atoms with E-state index in [-0.39, 0.29) is 11.5 Å². The van der Waals surface area contributed by atoms with Crippen molar-refractivity contribution in [3.63, 3.8) is 0 Å². The number of carboxylic acids is 1. The van der Waals surface area contributed by atoms with Crippen molar-refractivity contribution in [1.29, 1.82) is 5.26 Å². The SMILES string of the molecule is CC(C)C(NC(=O)/C(C#N)=C\NCc1ccccn1)C(=O)O.